The Morgan fingerprint density at radius 2 is 2.24 bits per heavy atom. The quantitative estimate of drug-likeness (QED) is 0.901. The van der Waals surface area contributed by atoms with Gasteiger partial charge in [0.2, 0.25) is 0 Å². The average Bonchev–Trinajstić information content (AvgIpc) is 2.63. The molecule has 0 fully saturated rings. The second-order valence-corrected chi connectivity index (χ2v) is 5.32. The number of amides is 1. The molecular weight excluding hydrogens is 256 g/mol. The maximum Gasteiger partial charge on any atom is 0.265 e. The van der Waals surface area contributed by atoms with Gasteiger partial charge in [0.05, 0.1) is 21.8 Å². The van der Waals surface area contributed by atoms with Gasteiger partial charge in [-0.05, 0) is 31.5 Å². The van der Waals surface area contributed by atoms with Crippen molar-refractivity contribution in [3.63, 3.8) is 0 Å². The molecule has 0 saturated heterocycles. The van der Waals surface area contributed by atoms with Crippen LogP contribution in [-0.4, -0.2) is 10.9 Å². The minimum absolute atomic E-state index is 0.152. The fraction of sp³-hybridized carbons (Fsp3) is 0.167. The fourth-order valence-corrected chi connectivity index (χ4v) is 2.42. The topological polar surface area (TPSA) is 42.0 Å². The Morgan fingerprint density at radius 3 is 2.82 bits per heavy atom. The van der Waals surface area contributed by atoms with Crippen molar-refractivity contribution in [2.75, 3.05) is 5.32 Å². The predicted molar refractivity (Wildman–Crippen MR) is 71.0 cm³/mol. The molecule has 2 rings (SSSR count). The average molecular weight is 267 g/mol. The number of aryl methyl sites for hydroxylation is 2. The largest absolute Gasteiger partial charge is 0.319 e. The van der Waals surface area contributed by atoms with E-state index in [4.69, 9.17) is 11.6 Å². The van der Waals surface area contributed by atoms with E-state index >= 15 is 0 Å². The fourth-order valence-electron chi connectivity index (χ4n) is 1.34. The number of aromatic nitrogens is 1. The highest BCUT2D eigenvalue weighted by molar-refractivity contribution is 7.14. The molecule has 0 aliphatic heterocycles. The van der Waals surface area contributed by atoms with E-state index in [0.29, 0.717) is 15.6 Å². The lowest BCUT2D eigenvalue weighted by atomic mass is 10.3. The maximum atomic E-state index is 11.9. The van der Waals surface area contributed by atoms with E-state index in [1.165, 1.54) is 17.5 Å². The van der Waals surface area contributed by atoms with Gasteiger partial charge >= 0.3 is 0 Å². The second kappa shape index (κ2) is 4.85. The molecule has 0 radical (unpaired) electrons. The molecule has 0 saturated carbocycles. The number of rotatable bonds is 2. The standard InChI is InChI=1S/C12H11ClN2OS/c1-7-5-11(17-8(7)2)12(16)15-10-6-14-4-3-9(10)13/h3-6H,1-2H3,(H,15,16). The minimum Gasteiger partial charge on any atom is -0.319 e. The van der Waals surface area contributed by atoms with Crippen LogP contribution in [0.4, 0.5) is 5.69 Å². The molecule has 1 amide bonds. The number of pyridine rings is 1. The van der Waals surface area contributed by atoms with Crippen molar-refractivity contribution < 1.29 is 4.79 Å². The highest BCUT2D eigenvalue weighted by atomic mass is 35.5. The Hall–Kier alpha value is -1.39. The Morgan fingerprint density at radius 1 is 1.47 bits per heavy atom. The number of halogens is 1. The lowest BCUT2D eigenvalue weighted by Gasteiger charge is -2.04. The van der Waals surface area contributed by atoms with Crippen LogP contribution < -0.4 is 5.32 Å². The van der Waals surface area contributed by atoms with Gasteiger partial charge in [0.25, 0.3) is 5.91 Å². The van der Waals surface area contributed by atoms with Gasteiger partial charge in [0.15, 0.2) is 0 Å². The van der Waals surface area contributed by atoms with Gasteiger partial charge in [-0.15, -0.1) is 11.3 Å². The van der Waals surface area contributed by atoms with Crippen LogP contribution in [0.25, 0.3) is 0 Å². The first-order valence-electron chi connectivity index (χ1n) is 5.06. The van der Waals surface area contributed by atoms with Crippen molar-refractivity contribution >= 4 is 34.5 Å². The molecule has 2 aromatic rings. The number of thiophene rings is 1. The van der Waals surface area contributed by atoms with E-state index in [2.05, 4.69) is 10.3 Å². The molecule has 1 N–H and O–H groups in total. The van der Waals surface area contributed by atoms with Gasteiger partial charge in [-0.2, -0.15) is 0 Å². The molecular formula is C12H11ClN2OS. The van der Waals surface area contributed by atoms with E-state index in [1.807, 2.05) is 19.9 Å². The molecule has 3 nitrogen and oxygen atoms in total. The monoisotopic (exact) mass is 266 g/mol. The van der Waals surface area contributed by atoms with E-state index in [-0.39, 0.29) is 5.91 Å². The van der Waals surface area contributed by atoms with Crippen molar-refractivity contribution in [3.05, 3.63) is 44.9 Å². The molecule has 2 aromatic heterocycles. The molecule has 0 aromatic carbocycles. The molecule has 0 bridgehead atoms. The summed E-state index contributed by atoms with van der Waals surface area (Å²) in [6.45, 7) is 3.98. The van der Waals surface area contributed by atoms with Crippen LogP contribution in [0.3, 0.4) is 0 Å². The zero-order valence-electron chi connectivity index (χ0n) is 9.45. The summed E-state index contributed by atoms with van der Waals surface area (Å²) in [5, 5.41) is 3.23. The van der Waals surface area contributed by atoms with Crippen LogP contribution in [0, 0.1) is 13.8 Å². The predicted octanol–water partition coefficient (Wildman–Crippen LogP) is 3.67. The van der Waals surface area contributed by atoms with Crippen LogP contribution in [0.15, 0.2) is 24.5 Å². The normalized spacial score (nSPS) is 10.3. The van der Waals surface area contributed by atoms with Gasteiger partial charge in [0, 0.05) is 11.1 Å². The highest BCUT2D eigenvalue weighted by Crippen LogP contribution is 2.24. The number of nitrogens with one attached hydrogen (secondary N) is 1. The first-order chi connectivity index (χ1) is 8.08. The van der Waals surface area contributed by atoms with Crippen molar-refractivity contribution in [2.24, 2.45) is 0 Å². The smallest absolute Gasteiger partial charge is 0.265 e. The zero-order valence-corrected chi connectivity index (χ0v) is 11.0. The minimum atomic E-state index is -0.152. The van der Waals surface area contributed by atoms with Gasteiger partial charge < -0.3 is 5.32 Å². The Bertz CT molecular complexity index is 546. The van der Waals surface area contributed by atoms with E-state index in [9.17, 15) is 4.79 Å². The Labute approximate surface area is 108 Å². The molecule has 0 spiro atoms. The van der Waals surface area contributed by atoms with Crippen molar-refractivity contribution in [2.45, 2.75) is 13.8 Å². The summed E-state index contributed by atoms with van der Waals surface area (Å²) in [6, 6.07) is 3.52. The van der Waals surface area contributed by atoms with Crippen molar-refractivity contribution in [1.82, 2.24) is 4.98 Å². The third-order valence-corrected chi connectivity index (χ3v) is 3.89. The summed E-state index contributed by atoms with van der Waals surface area (Å²) >= 11 is 7.41. The van der Waals surface area contributed by atoms with E-state index in [0.717, 1.165) is 10.4 Å². The van der Waals surface area contributed by atoms with Crippen LogP contribution >= 0.6 is 22.9 Å². The van der Waals surface area contributed by atoms with Gasteiger partial charge in [-0.1, -0.05) is 11.6 Å². The third kappa shape index (κ3) is 2.65. The van der Waals surface area contributed by atoms with Gasteiger partial charge in [-0.25, -0.2) is 0 Å². The first kappa shape index (κ1) is 12.1. The number of carbonyl (C=O) groups excluding carboxylic acids is 1. The molecule has 5 heteroatoms. The van der Waals surface area contributed by atoms with Crippen LogP contribution in [-0.2, 0) is 0 Å². The molecule has 88 valence electrons. The molecule has 0 unspecified atom stereocenters. The van der Waals surface area contributed by atoms with E-state index in [1.54, 1.807) is 12.3 Å². The summed E-state index contributed by atoms with van der Waals surface area (Å²) in [5.41, 5.74) is 1.65. The first-order valence-corrected chi connectivity index (χ1v) is 6.25. The lowest BCUT2D eigenvalue weighted by Crippen LogP contribution is -2.10. The SMILES string of the molecule is Cc1cc(C(=O)Nc2cnccc2Cl)sc1C. The van der Waals surface area contributed by atoms with Crippen molar-refractivity contribution in [1.29, 1.82) is 0 Å². The van der Waals surface area contributed by atoms with Crippen LogP contribution in [0.5, 0.6) is 0 Å². The number of nitrogens with zero attached hydrogens (tertiary/aromatic N) is 1. The number of hydrogen-bond donors (Lipinski definition) is 1. The molecule has 0 atom stereocenters. The van der Waals surface area contributed by atoms with Crippen LogP contribution in [0.1, 0.15) is 20.1 Å². The second-order valence-electron chi connectivity index (χ2n) is 3.66. The van der Waals surface area contributed by atoms with Crippen molar-refractivity contribution in [3.8, 4) is 0 Å². The summed E-state index contributed by atoms with van der Waals surface area (Å²) in [5.74, 6) is -0.152. The number of anilines is 1. The summed E-state index contributed by atoms with van der Waals surface area (Å²) < 4.78 is 0. The zero-order chi connectivity index (χ0) is 12.4. The lowest BCUT2D eigenvalue weighted by molar-refractivity contribution is 0.103. The van der Waals surface area contributed by atoms with Gasteiger partial charge in [0.1, 0.15) is 0 Å². The highest BCUT2D eigenvalue weighted by Gasteiger charge is 2.12. The van der Waals surface area contributed by atoms with Crippen LogP contribution in [0.2, 0.25) is 5.02 Å². The Kier molecular flexibility index (Phi) is 3.45. The summed E-state index contributed by atoms with van der Waals surface area (Å²) in [6.07, 6.45) is 3.12. The van der Waals surface area contributed by atoms with Gasteiger partial charge in [-0.3, -0.25) is 9.78 Å². The maximum absolute atomic E-state index is 11.9. The summed E-state index contributed by atoms with van der Waals surface area (Å²) in [7, 11) is 0. The number of carbonyl (C=O) groups is 1. The Balaban J connectivity index is 2.20. The van der Waals surface area contributed by atoms with E-state index < -0.39 is 0 Å². The summed E-state index contributed by atoms with van der Waals surface area (Å²) in [4.78, 5) is 17.7. The molecule has 17 heavy (non-hydrogen) atoms. The number of hydrogen-bond acceptors (Lipinski definition) is 3. The third-order valence-electron chi connectivity index (χ3n) is 2.41. The molecule has 2 heterocycles. The molecule has 0 aliphatic rings. The molecule has 0 aliphatic carbocycles.